The number of aromatic nitrogens is 2. The lowest BCUT2D eigenvalue weighted by Gasteiger charge is -2.27. The van der Waals surface area contributed by atoms with Gasteiger partial charge in [0, 0.05) is 25.0 Å². The average Bonchev–Trinajstić information content (AvgIpc) is 2.97. The van der Waals surface area contributed by atoms with Crippen LogP contribution < -0.4 is 11.1 Å². The molecule has 10 heteroatoms. The van der Waals surface area contributed by atoms with E-state index in [1.165, 1.54) is 24.4 Å². The first-order valence-corrected chi connectivity index (χ1v) is 8.06. The molecule has 0 saturated carbocycles. The average molecular weight is 365 g/mol. The molecule has 1 aromatic rings. The third kappa shape index (κ3) is 4.80. The van der Waals surface area contributed by atoms with Crippen LogP contribution in [0.4, 0.5) is 10.7 Å². The maximum Gasteiger partial charge on any atom is 0.411 e. The molecule has 0 spiro atoms. The van der Waals surface area contributed by atoms with Gasteiger partial charge < -0.3 is 20.5 Å². The quantitative estimate of drug-likeness (QED) is 0.738. The Labute approximate surface area is 151 Å². The Morgan fingerprint density at radius 1 is 1.27 bits per heavy atom. The number of hydrogen-bond donors (Lipinski definition) is 2. The minimum absolute atomic E-state index is 0.213. The van der Waals surface area contributed by atoms with Gasteiger partial charge in [-0.2, -0.15) is 0 Å². The van der Waals surface area contributed by atoms with E-state index >= 15 is 0 Å². The van der Waals surface area contributed by atoms with Crippen LogP contribution in [0, 0.1) is 0 Å². The summed E-state index contributed by atoms with van der Waals surface area (Å²) in [4.78, 5) is 44.8. The number of carbonyl (C=O) groups excluding carboxylic acids is 3. The van der Waals surface area contributed by atoms with Crippen molar-refractivity contribution in [1.29, 1.82) is 0 Å². The minimum Gasteiger partial charge on any atom is -0.465 e. The van der Waals surface area contributed by atoms with Crippen molar-refractivity contribution in [3.05, 3.63) is 18.0 Å². The lowest BCUT2D eigenvalue weighted by Crippen LogP contribution is -2.45. The van der Waals surface area contributed by atoms with Crippen LogP contribution >= 0.6 is 0 Å². The monoisotopic (exact) mass is 365 g/mol. The fourth-order valence-electron chi connectivity index (χ4n) is 2.54. The molecule has 0 aliphatic carbocycles. The number of esters is 1. The molecule has 0 radical (unpaired) electrons. The number of rotatable bonds is 4. The standard InChI is InChI=1S/C16H23N5O5/c1-16(2,3)26-15(24)21-8-10(5-11(21)12(17)22)20-14-18-6-9(7-19-14)13(23)25-4/h6-7,10-11H,5,8H2,1-4H3,(H2,17,22)(H,18,19,20)/t10-,11+/m1/s1. The maximum atomic E-state index is 12.3. The first kappa shape index (κ1) is 19.4. The fraction of sp³-hybridized carbons (Fsp3) is 0.562. The van der Waals surface area contributed by atoms with E-state index in [9.17, 15) is 14.4 Å². The van der Waals surface area contributed by atoms with Gasteiger partial charge in [0.05, 0.1) is 12.7 Å². The molecule has 2 amide bonds. The molecular weight excluding hydrogens is 342 g/mol. The highest BCUT2D eigenvalue weighted by atomic mass is 16.6. The van der Waals surface area contributed by atoms with Crippen molar-refractivity contribution in [2.45, 2.75) is 44.9 Å². The highest BCUT2D eigenvalue weighted by Crippen LogP contribution is 2.23. The van der Waals surface area contributed by atoms with Crippen molar-refractivity contribution in [3.63, 3.8) is 0 Å². The number of likely N-dealkylation sites (tertiary alicyclic amines) is 1. The van der Waals surface area contributed by atoms with Crippen molar-refractivity contribution < 1.29 is 23.9 Å². The van der Waals surface area contributed by atoms with Crippen LogP contribution in [0.2, 0.25) is 0 Å². The summed E-state index contributed by atoms with van der Waals surface area (Å²) in [5, 5.41) is 3.03. The number of methoxy groups -OCH3 is 1. The van der Waals surface area contributed by atoms with Crippen LogP contribution in [0.15, 0.2) is 12.4 Å². The normalized spacial score (nSPS) is 19.8. The third-order valence-corrected chi connectivity index (χ3v) is 3.66. The van der Waals surface area contributed by atoms with Gasteiger partial charge in [0.2, 0.25) is 11.9 Å². The summed E-state index contributed by atoms with van der Waals surface area (Å²) in [7, 11) is 1.27. The molecule has 1 fully saturated rings. The highest BCUT2D eigenvalue weighted by molar-refractivity contribution is 5.88. The van der Waals surface area contributed by atoms with Gasteiger partial charge in [-0.15, -0.1) is 0 Å². The van der Waals surface area contributed by atoms with Crippen molar-refractivity contribution in [2.75, 3.05) is 19.0 Å². The highest BCUT2D eigenvalue weighted by Gasteiger charge is 2.40. The number of amides is 2. The second-order valence-corrected chi connectivity index (χ2v) is 6.91. The Morgan fingerprint density at radius 3 is 2.38 bits per heavy atom. The third-order valence-electron chi connectivity index (χ3n) is 3.66. The van der Waals surface area contributed by atoms with E-state index in [0.29, 0.717) is 6.42 Å². The number of hydrogen-bond acceptors (Lipinski definition) is 8. The molecule has 3 N–H and O–H groups in total. The van der Waals surface area contributed by atoms with E-state index in [-0.39, 0.29) is 24.1 Å². The van der Waals surface area contributed by atoms with Gasteiger partial charge in [-0.05, 0) is 27.2 Å². The van der Waals surface area contributed by atoms with Gasteiger partial charge >= 0.3 is 12.1 Å². The van der Waals surface area contributed by atoms with Crippen LogP contribution in [-0.4, -0.2) is 64.2 Å². The Hall–Kier alpha value is -2.91. The number of anilines is 1. The van der Waals surface area contributed by atoms with Gasteiger partial charge in [-0.1, -0.05) is 0 Å². The summed E-state index contributed by atoms with van der Waals surface area (Å²) in [5.41, 5.74) is 4.95. The summed E-state index contributed by atoms with van der Waals surface area (Å²) in [5.74, 6) is -0.888. The lowest BCUT2D eigenvalue weighted by atomic mass is 10.1. The summed E-state index contributed by atoms with van der Waals surface area (Å²) < 4.78 is 9.91. The Bertz CT molecular complexity index is 685. The first-order chi connectivity index (χ1) is 12.1. The number of primary amides is 1. The largest absolute Gasteiger partial charge is 0.465 e. The lowest BCUT2D eigenvalue weighted by molar-refractivity contribution is -0.122. The molecule has 26 heavy (non-hydrogen) atoms. The topological polar surface area (TPSA) is 137 Å². The van der Waals surface area contributed by atoms with E-state index in [2.05, 4.69) is 20.0 Å². The van der Waals surface area contributed by atoms with Crippen LogP contribution in [0.1, 0.15) is 37.6 Å². The Kier molecular flexibility index (Phi) is 5.63. The predicted molar refractivity (Wildman–Crippen MR) is 91.3 cm³/mol. The second kappa shape index (κ2) is 7.54. The second-order valence-electron chi connectivity index (χ2n) is 6.91. The number of ether oxygens (including phenoxy) is 2. The van der Waals surface area contributed by atoms with Crippen molar-refractivity contribution in [3.8, 4) is 0 Å². The van der Waals surface area contributed by atoms with Crippen molar-refractivity contribution in [2.24, 2.45) is 5.73 Å². The molecule has 0 bridgehead atoms. The fourth-order valence-corrected chi connectivity index (χ4v) is 2.54. The number of carbonyl (C=O) groups is 3. The molecule has 0 unspecified atom stereocenters. The van der Waals surface area contributed by atoms with Gasteiger partial charge in [-0.25, -0.2) is 19.6 Å². The van der Waals surface area contributed by atoms with E-state index < -0.39 is 29.6 Å². The number of nitrogens with one attached hydrogen (secondary N) is 1. The van der Waals surface area contributed by atoms with Crippen molar-refractivity contribution in [1.82, 2.24) is 14.9 Å². The van der Waals surface area contributed by atoms with E-state index in [1.54, 1.807) is 20.8 Å². The van der Waals surface area contributed by atoms with Crippen LogP contribution in [0.3, 0.4) is 0 Å². The van der Waals surface area contributed by atoms with Crippen molar-refractivity contribution >= 4 is 23.9 Å². The van der Waals surface area contributed by atoms with E-state index in [4.69, 9.17) is 10.5 Å². The van der Waals surface area contributed by atoms with E-state index in [1.807, 2.05) is 0 Å². The smallest absolute Gasteiger partial charge is 0.411 e. The molecule has 1 aromatic heterocycles. The molecule has 1 aliphatic heterocycles. The summed E-state index contributed by atoms with van der Waals surface area (Å²) in [6.07, 6.45) is 2.35. The number of nitrogens with zero attached hydrogens (tertiary/aromatic N) is 3. The SMILES string of the molecule is COC(=O)c1cnc(N[C@@H]2C[C@@H](C(N)=O)N(C(=O)OC(C)(C)C)C2)nc1. The Balaban J connectivity index is 2.06. The van der Waals surface area contributed by atoms with Gasteiger partial charge in [0.1, 0.15) is 11.6 Å². The zero-order valence-corrected chi connectivity index (χ0v) is 15.2. The number of nitrogens with two attached hydrogens (primary N) is 1. The minimum atomic E-state index is -0.781. The van der Waals surface area contributed by atoms with Gasteiger partial charge in [0.25, 0.3) is 0 Å². The molecule has 2 heterocycles. The molecular formula is C16H23N5O5. The predicted octanol–water partition coefficient (Wildman–Crippen LogP) is 0.538. The summed E-state index contributed by atoms with van der Waals surface area (Å²) >= 11 is 0. The molecule has 2 atom stereocenters. The first-order valence-electron chi connectivity index (χ1n) is 8.06. The summed E-state index contributed by atoms with van der Waals surface area (Å²) in [6.45, 7) is 5.44. The van der Waals surface area contributed by atoms with Crippen LogP contribution in [0.5, 0.6) is 0 Å². The molecule has 1 saturated heterocycles. The van der Waals surface area contributed by atoms with Crippen LogP contribution in [-0.2, 0) is 14.3 Å². The Morgan fingerprint density at radius 2 is 1.88 bits per heavy atom. The maximum absolute atomic E-state index is 12.3. The molecule has 0 aromatic carbocycles. The molecule has 1 aliphatic rings. The zero-order chi connectivity index (χ0) is 19.5. The van der Waals surface area contributed by atoms with E-state index in [0.717, 1.165) is 0 Å². The molecule has 142 valence electrons. The summed E-state index contributed by atoms with van der Waals surface area (Å²) in [6, 6.07) is -1.07. The zero-order valence-electron chi connectivity index (χ0n) is 15.2. The molecule has 2 rings (SSSR count). The molecule has 10 nitrogen and oxygen atoms in total. The van der Waals surface area contributed by atoms with Crippen LogP contribution in [0.25, 0.3) is 0 Å². The van der Waals surface area contributed by atoms with Gasteiger partial charge in [-0.3, -0.25) is 9.69 Å². The van der Waals surface area contributed by atoms with Gasteiger partial charge in [0.15, 0.2) is 0 Å².